The number of ether oxygens (including phenoxy) is 1. The van der Waals surface area contributed by atoms with E-state index < -0.39 is 0 Å². The highest BCUT2D eigenvalue weighted by Crippen LogP contribution is 2.17. The largest absolute Gasteiger partial charge is 0.449 e. The van der Waals surface area contributed by atoms with Gasteiger partial charge in [0.15, 0.2) is 0 Å². The van der Waals surface area contributed by atoms with Crippen molar-refractivity contribution in [3.05, 3.63) is 34.9 Å². The van der Waals surface area contributed by atoms with Crippen molar-refractivity contribution in [1.82, 2.24) is 4.90 Å². The molecule has 0 aliphatic heterocycles. The third-order valence-electron chi connectivity index (χ3n) is 3.39. The summed E-state index contributed by atoms with van der Waals surface area (Å²) in [7, 11) is 0. The Balaban J connectivity index is 2.49. The third-order valence-corrected chi connectivity index (χ3v) is 4.57. The van der Waals surface area contributed by atoms with Crippen molar-refractivity contribution in [3.63, 3.8) is 0 Å². The van der Waals surface area contributed by atoms with E-state index in [1.165, 1.54) is 0 Å². The molecule has 0 saturated carbocycles. The smallest absolute Gasteiger partial charge is 0.410 e. The van der Waals surface area contributed by atoms with Crippen molar-refractivity contribution in [2.24, 2.45) is 0 Å². The van der Waals surface area contributed by atoms with E-state index in [1.807, 2.05) is 45.0 Å². The van der Waals surface area contributed by atoms with Crippen LogP contribution in [0.1, 0.15) is 32.8 Å². The summed E-state index contributed by atoms with van der Waals surface area (Å²) in [5.74, 6) is 1.30. The van der Waals surface area contributed by atoms with Crippen molar-refractivity contribution < 1.29 is 14.3 Å². The summed E-state index contributed by atoms with van der Waals surface area (Å²) in [6, 6.07) is 7.66. The quantitative estimate of drug-likeness (QED) is 0.475. The number of halogens is 1. The molecule has 0 aliphatic carbocycles. The molecule has 0 heterocycles. The fraction of sp³-hybridized carbons (Fsp3) is 0.556. The van der Waals surface area contributed by atoms with Crippen molar-refractivity contribution in [1.29, 1.82) is 0 Å². The van der Waals surface area contributed by atoms with Crippen LogP contribution in [-0.4, -0.2) is 47.5 Å². The topological polar surface area (TPSA) is 46.6 Å². The first-order valence-electron chi connectivity index (χ1n) is 8.05. The molecule has 1 rings (SSSR count). The number of hydrogen-bond acceptors (Lipinski definition) is 4. The number of amides is 1. The van der Waals surface area contributed by atoms with Crippen LogP contribution in [0.15, 0.2) is 24.3 Å². The van der Waals surface area contributed by atoms with E-state index >= 15 is 0 Å². The summed E-state index contributed by atoms with van der Waals surface area (Å²) in [4.78, 5) is 24.4. The normalized spacial score (nSPS) is 11.2. The van der Waals surface area contributed by atoms with Gasteiger partial charge in [-0.1, -0.05) is 23.7 Å². The highest BCUT2D eigenvalue weighted by molar-refractivity contribution is 7.99. The molecule has 0 saturated heterocycles. The van der Waals surface area contributed by atoms with Crippen LogP contribution in [0.3, 0.4) is 0 Å². The van der Waals surface area contributed by atoms with Crippen molar-refractivity contribution in [2.45, 2.75) is 39.2 Å². The highest BCUT2D eigenvalue weighted by Gasteiger charge is 2.27. The van der Waals surface area contributed by atoms with Gasteiger partial charge >= 0.3 is 6.09 Å². The Bertz CT molecular complexity index is 531. The Hall–Kier alpha value is -1.20. The fourth-order valence-corrected chi connectivity index (χ4v) is 2.96. The average molecular weight is 372 g/mol. The molecule has 0 aliphatic rings. The number of benzene rings is 1. The molecule has 0 atom stereocenters. The van der Waals surface area contributed by atoms with Crippen LogP contribution in [0.25, 0.3) is 0 Å². The summed E-state index contributed by atoms with van der Waals surface area (Å²) in [5, 5.41) is 0.699. The molecule has 0 unspecified atom stereocenters. The number of carbonyl (C=O) groups is 2. The highest BCUT2D eigenvalue weighted by atomic mass is 35.5. The van der Waals surface area contributed by atoms with Gasteiger partial charge in [0.1, 0.15) is 6.29 Å². The van der Waals surface area contributed by atoms with E-state index in [2.05, 4.69) is 0 Å². The second kappa shape index (κ2) is 10.6. The number of thioether (sulfide) groups is 1. The summed E-state index contributed by atoms with van der Waals surface area (Å²) >= 11 is 7.55. The van der Waals surface area contributed by atoms with Gasteiger partial charge in [-0.3, -0.25) is 0 Å². The number of carbonyl (C=O) groups excluding carboxylic acids is 2. The van der Waals surface area contributed by atoms with E-state index in [1.54, 1.807) is 16.7 Å². The lowest BCUT2D eigenvalue weighted by molar-refractivity contribution is -0.105. The Labute approximate surface area is 153 Å². The maximum Gasteiger partial charge on any atom is 0.410 e. The summed E-state index contributed by atoms with van der Waals surface area (Å²) in [5.41, 5.74) is 0.775. The number of hydrogen-bond donors (Lipinski definition) is 0. The zero-order valence-electron chi connectivity index (χ0n) is 14.6. The number of nitrogens with zero attached hydrogens (tertiary/aromatic N) is 1. The molecule has 4 nitrogen and oxygen atoms in total. The average Bonchev–Trinajstić information content (AvgIpc) is 2.49. The van der Waals surface area contributed by atoms with Gasteiger partial charge in [-0.15, -0.1) is 0 Å². The van der Waals surface area contributed by atoms with Crippen molar-refractivity contribution in [3.8, 4) is 0 Å². The van der Waals surface area contributed by atoms with Crippen molar-refractivity contribution in [2.75, 3.05) is 24.7 Å². The van der Waals surface area contributed by atoms with Gasteiger partial charge in [0, 0.05) is 22.9 Å². The molecule has 0 N–H and O–H groups in total. The molecule has 1 amide bonds. The molecule has 0 bridgehead atoms. The van der Waals surface area contributed by atoms with Gasteiger partial charge in [0.05, 0.1) is 6.61 Å². The maximum atomic E-state index is 12.4. The van der Waals surface area contributed by atoms with Crippen molar-refractivity contribution >= 4 is 35.7 Å². The lowest BCUT2D eigenvalue weighted by Gasteiger charge is -2.34. The SMILES string of the molecule is CC(C)(C)N(CCc1cccc(Cl)c1)C(=O)OCCCSCC=O. The Kier molecular flexibility index (Phi) is 9.22. The fourth-order valence-electron chi connectivity index (χ4n) is 2.16. The van der Waals surface area contributed by atoms with Crippen LogP contribution in [0, 0.1) is 0 Å². The van der Waals surface area contributed by atoms with E-state index in [0.717, 1.165) is 30.4 Å². The first kappa shape index (κ1) is 20.8. The lowest BCUT2D eigenvalue weighted by Crippen LogP contribution is -2.47. The van der Waals surface area contributed by atoms with Gasteiger partial charge in [-0.25, -0.2) is 4.79 Å². The minimum atomic E-state index is -0.318. The molecule has 6 heteroatoms. The second-order valence-electron chi connectivity index (χ2n) is 6.41. The molecule has 0 radical (unpaired) electrons. The zero-order chi connectivity index (χ0) is 18.0. The molecule has 0 fully saturated rings. The number of aldehydes is 1. The van der Waals surface area contributed by atoms with E-state index in [4.69, 9.17) is 16.3 Å². The van der Waals surface area contributed by atoms with E-state index in [9.17, 15) is 9.59 Å². The Morgan fingerprint density at radius 2 is 2.12 bits per heavy atom. The van der Waals surface area contributed by atoms with Gasteiger partial charge in [0.2, 0.25) is 0 Å². The van der Waals surface area contributed by atoms with Gasteiger partial charge in [-0.2, -0.15) is 11.8 Å². The van der Waals surface area contributed by atoms with Gasteiger partial charge < -0.3 is 14.4 Å². The second-order valence-corrected chi connectivity index (χ2v) is 8.00. The van der Waals surface area contributed by atoms with Crippen LogP contribution in [0.5, 0.6) is 0 Å². The first-order valence-corrected chi connectivity index (χ1v) is 9.58. The zero-order valence-corrected chi connectivity index (χ0v) is 16.2. The molecule has 1 aromatic carbocycles. The molecular weight excluding hydrogens is 346 g/mol. The van der Waals surface area contributed by atoms with Gasteiger partial charge in [0.25, 0.3) is 0 Å². The monoisotopic (exact) mass is 371 g/mol. The predicted octanol–water partition coefficient (Wildman–Crippen LogP) is 4.44. The van der Waals surface area contributed by atoms with Crippen LogP contribution in [0.2, 0.25) is 5.02 Å². The maximum absolute atomic E-state index is 12.4. The lowest BCUT2D eigenvalue weighted by atomic mass is 10.1. The summed E-state index contributed by atoms with van der Waals surface area (Å²) in [6.07, 6.45) is 2.05. The molecule has 134 valence electrons. The molecular formula is C18H26ClNO3S. The standard InChI is InChI=1S/C18H26ClNO3S/c1-18(2,3)20(9-8-15-6-4-7-16(19)14-15)17(22)23-11-5-12-24-13-10-21/h4,6-7,10,14H,5,8-9,11-13H2,1-3H3. The van der Waals surface area contributed by atoms with Crippen LogP contribution >= 0.6 is 23.4 Å². The van der Waals surface area contributed by atoms with Crippen LogP contribution < -0.4 is 0 Å². The molecule has 1 aromatic rings. The summed E-state index contributed by atoms with van der Waals surface area (Å²) in [6.45, 7) is 6.92. The molecule has 0 spiro atoms. The first-order chi connectivity index (χ1) is 11.3. The molecule has 0 aromatic heterocycles. The Morgan fingerprint density at radius 1 is 1.38 bits per heavy atom. The van der Waals surface area contributed by atoms with E-state index in [0.29, 0.717) is 23.9 Å². The Morgan fingerprint density at radius 3 is 2.75 bits per heavy atom. The van der Waals surface area contributed by atoms with Crippen LogP contribution in [0.4, 0.5) is 4.79 Å². The molecule has 24 heavy (non-hydrogen) atoms. The minimum absolute atomic E-state index is 0.301. The van der Waals surface area contributed by atoms with Crippen LogP contribution in [-0.2, 0) is 16.0 Å². The minimum Gasteiger partial charge on any atom is -0.449 e. The van der Waals surface area contributed by atoms with Gasteiger partial charge in [-0.05, 0) is 57.1 Å². The summed E-state index contributed by atoms with van der Waals surface area (Å²) < 4.78 is 5.38. The predicted molar refractivity (Wildman–Crippen MR) is 101 cm³/mol. The third kappa shape index (κ3) is 8.06. The number of rotatable bonds is 9. The van der Waals surface area contributed by atoms with E-state index in [-0.39, 0.29) is 11.6 Å².